The van der Waals surface area contributed by atoms with Crippen molar-refractivity contribution in [2.45, 2.75) is 57.9 Å². The Kier molecular flexibility index (Phi) is 5.45. The summed E-state index contributed by atoms with van der Waals surface area (Å²) in [6.45, 7) is 7.20. The zero-order valence-electron chi connectivity index (χ0n) is 11.5. The largest absolute Gasteiger partial charge is 0.309 e. The molecular weight excluding hydrogens is 238 g/mol. The molecule has 1 aromatic rings. The molecule has 0 saturated heterocycles. The van der Waals surface area contributed by atoms with Crippen molar-refractivity contribution in [3.63, 3.8) is 0 Å². The number of thiophene rings is 1. The average Bonchev–Trinajstić information content (AvgIpc) is 2.82. The zero-order valence-corrected chi connectivity index (χ0v) is 12.3. The van der Waals surface area contributed by atoms with Gasteiger partial charge in [0, 0.05) is 15.8 Å². The third-order valence-electron chi connectivity index (χ3n) is 3.66. The second-order valence-corrected chi connectivity index (χ2v) is 6.35. The standard InChI is InChI=1S/C16H25NS/c1-3-5-9-14(17-11-4-2)16-12-13-8-6-7-10-15(13)18-16/h3,12,14,17H,1,4-11H2,2H3. The Morgan fingerprint density at radius 1 is 1.44 bits per heavy atom. The predicted octanol–water partition coefficient (Wildman–Crippen LogP) is 4.63. The fourth-order valence-electron chi connectivity index (χ4n) is 2.63. The van der Waals surface area contributed by atoms with Crippen molar-refractivity contribution in [1.82, 2.24) is 5.32 Å². The maximum absolute atomic E-state index is 3.85. The summed E-state index contributed by atoms with van der Waals surface area (Å²) in [5, 5.41) is 3.69. The first kappa shape index (κ1) is 13.8. The molecule has 1 heterocycles. The van der Waals surface area contributed by atoms with E-state index < -0.39 is 0 Å². The highest BCUT2D eigenvalue weighted by atomic mass is 32.1. The molecule has 2 heteroatoms. The van der Waals surface area contributed by atoms with E-state index in [1.165, 1.54) is 38.5 Å². The first-order valence-electron chi connectivity index (χ1n) is 7.31. The van der Waals surface area contributed by atoms with Crippen molar-refractivity contribution in [2.24, 2.45) is 0 Å². The molecule has 0 bridgehead atoms. The Bertz CT molecular complexity index is 357. The highest BCUT2D eigenvalue weighted by molar-refractivity contribution is 7.12. The lowest BCUT2D eigenvalue weighted by Gasteiger charge is -2.16. The van der Waals surface area contributed by atoms with Crippen molar-refractivity contribution in [3.8, 4) is 0 Å². The zero-order chi connectivity index (χ0) is 12.8. The van der Waals surface area contributed by atoms with Gasteiger partial charge in [-0.1, -0.05) is 13.0 Å². The minimum Gasteiger partial charge on any atom is -0.309 e. The van der Waals surface area contributed by atoms with Crippen LogP contribution in [-0.2, 0) is 12.8 Å². The Balaban J connectivity index is 2.07. The topological polar surface area (TPSA) is 12.0 Å². The maximum Gasteiger partial charge on any atom is 0.0417 e. The summed E-state index contributed by atoms with van der Waals surface area (Å²) in [6, 6.07) is 3.01. The number of nitrogens with one attached hydrogen (secondary N) is 1. The van der Waals surface area contributed by atoms with Crippen molar-refractivity contribution < 1.29 is 0 Å². The van der Waals surface area contributed by atoms with Crippen molar-refractivity contribution in [2.75, 3.05) is 6.54 Å². The van der Waals surface area contributed by atoms with Gasteiger partial charge in [-0.25, -0.2) is 0 Å². The smallest absolute Gasteiger partial charge is 0.0417 e. The van der Waals surface area contributed by atoms with Crippen LogP contribution >= 0.6 is 11.3 Å². The monoisotopic (exact) mass is 263 g/mol. The van der Waals surface area contributed by atoms with E-state index in [4.69, 9.17) is 0 Å². The van der Waals surface area contributed by atoms with Crippen LogP contribution in [0.5, 0.6) is 0 Å². The number of allylic oxidation sites excluding steroid dienone is 1. The molecule has 0 radical (unpaired) electrons. The lowest BCUT2D eigenvalue weighted by molar-refractivity contribution is 0.510. The van der Waals surface area contributed by atoms with Crippen LogP contribution in [-0.4, -0.2) is 6.54 Å². The van der Waals surface area contributed by atoms with Gasteiger partial charge >= 0.3 is 0 Å². The first-order valence-corrected chi connectivity index (χ1v) is 8.12. The quantitative estimate of drug-likeness (QED) is 0.707. The van der Waals surface area contributed by atoms with Crippen LogP contribution in [0.4, 0.5) is 0 Å². The van der Waals surface area contributed by atoms with E-state index in [-0.39, 0.29) is 0 Å². The molecule has 0 fully saturated rings. The van der Waals surface area contributed by atoms with Gasteiger partial charge < -0.3 is 5.32 Å². The fraction of sp³-hybridized carbons (Fsp3) is 0.625. The highest BCUT2D eigenvalue weighted by Gasteiger charge is 2.18. The molecule has 1 aromatic heterocycles. The molecule has 0 amide bonds. The van der Waals surface area contributed by atoms with E-state index in [0.29, 0.717) is 6.04 Å². The molecule has 1 N–H and O–H groups in total. The molecule has 18 heavy (non-hydrogen) atoms. The Morgan fingerprint density at radius 2 is 2.28 bits per heavy atom. The number of hydrogen-bond acceptors (Lipinski definition) is 2. The summed E-state index contributed by atoms with van der Waals surface area (Å²) < 4.78 is 0. The predicted molar refractivity (Wildman–Crippen MR) is 81.4 cm³/mol. The van der Waals surface area contributed by atoms with Gasteiger partial charge in [-0.3, -0.25) is 0 Å². The van der Waals surface area contributed by atoms with E-state index in [1.807, 2.05) is 17.4 Å². The minimum atomic E-state index is 0.540. The number of rotatable bonds is 7. The van der Waals surface area contributed by atoms with Crippen LogP contribution in [0.1, 0.15) is 60.4 Å². The molecule has 0 saturated carbocycles. The van der Waals surface area contributed by atoms with Crippen molar-refractivity contribution in [3.05, 3.63) is 34.0 Å². The van der Waals surface area contributed by atoms with E-state index in [2.05, 4.69) is 24.9 Å². The average molecular weight is 263 g/mol. The van der Waals surface area contributed by atoms with Gasteiger partial charge in [-0.05, 0) is 63.1 Å². The van der Waals surface area contributed by atoms with Crippen LogP contribution in [0.15, 0.2) is 18.7 Å². The second kappa shape index (κ2) is 7.10. The molecule has 1 nitrogen and oxygen atoms in total. The molecule has 1 aliphatic rings. The second-order valence-electron chi connectivity index (χ2n) is 5.18. The summed E-state index contributed by atoms with van der Waals surface area (Å²) in [5.41, 5.74) is 1.63. The van der Waals surface area contributed by atoms with Gasteiger partial charge in [0.2, 0.25) is 0 Å². The van der Waals surface area contributed by atoms with Crippen LogP contribution in [0.2, 0.25) is 0 Å². The van der Waals surface area contributed by atoms with Crippen molar-refractivity contribution in [1.29, 1.82) is 0 Å². The van der Waals surface area contributed by atoms with Crippen LogP contribution in [0.25, 0.3) is 0 Å². The Hall–Kier alpha value is -0.600. The van der Waals surface area contributed by atoms with Crippen LogP contribution < -0.4 is 5.32 Å². The third-order valence-corrected chi connectivity index (χ3v) is 5.01. The fourth-order valence-corrected chi connectivity index (χ4v) is 4.00. The summed E-state index contributed by atoms with van der Waals surface area (Å²) in [4.78, 5) is 3.20. The number of fused-ring (bicyclic) bond motifs is 1. The van der Waals surface area contributed by atoms with Gasteiger partial charge in [0.15, 0.2) is 0 Å². The van der Waals surface area contributed by atoms with Gasteiger partial charge in [0.1, 0.15) is 0 Å². The summed E-state index contributed by atoms with van der Waals surface area (Å²) in [6.07, 6.45) is 10.9. The van der Waals surface area contributed by atoms with E-state index >= 15 is 0 Å². The highest BCUT2D eigenvalue weighted by Crippen LogP contribution is 2.34. The van der Waals surface area contributed by atoms with Gasteiger partial charge in [0.25, 0.3) is 0 Å². The van der Waals surface area contributed by atoms with Crippen LogP contribution in [0, 0.1) is 0 Å². The molecule has 1 aliphatic carbocycles. The molecule has 2 rings (SSSR count). The van der Waals surface area contributed by atoms with E-state index in [9.17, 15) is 0 Å². The molecular formula is C16H25NS. The molecule has 1 unspecified atom stereocenters. The first-order chi connectivity index (χ1) is 8.85. The number of hydrogen-bond donors (Lipinski definition) is 1. The molecule has 100 valence electrons. The summed E-state index contributed by atoms with van der Waals surface area (Å²) in [7, 11) is 0. The lowest BCUT2D eigenvalue weighted by atomic mass is 9.98. The lowest BCUT2D eigenvalue weighted by Crippen LogP contribution is -2.21. The van der Waals surface area contributed by atoms with E-state index in [0.717, 1.165) is 13.0 Å². The normalized spacial score (nSPS) is 16.3. The number of aryl methyl sites for hydroxylation is 2. The van der Waals surface area contributed by atoms with E-state index in [1.54, 1.807) is 15.3 Å². The summed E-state index contributed by atoms with van der Waals surface area (Å²) in [5.74, 6) is 0. The molecule has 1 atom stereocenters. The third kappa shape index (κ3) is 3.46. The molecule has 0 aliphatic heterocycles. The van der Waals surface area contributed by atoms with Gasteiger partial charge in [-0.15, -0.1) is 17.9 Å². The van der Waals surface area contributed by atoms with Crippen molar-refractivity contribution >= 4 is 11.3 Å². The van der Waals surface area contributed by atoms with Gasteiger partial charge in [-0.2, -0.15) is 0 Å². The SMILES string of the molecule is C=CCCC(NCCC)c1cc2c(s1)CCCC2. The minimum absolute atomic E-state index is 0.540. The van der Waals surface area contributed by atoms with Gasteiger partial charge in [0.05, 0.1) is 0 Å². The van der Waals surface area contributed by atoms with Crippen LogP contribution in [0.3, 0.4) is 0 Å². The molecule has 0 aromatic carbocycles. The Labute approximate surface area is 115 Å². The Morgan fingerprint density at radius 3 is 3.00 bits per heavy atom. The maximum atomic E-state index is 3.85. The summed E-state index contributed by atoms with van der Waals surface area (Å²) >= 11 is 2.05. The molecule has 0 spiro atoms.